The van der Waals surface area contributed by atoms with Gasteiger partial charge in [0.15, 0.2) is 0 Å². The molecule has 1 aliphatic carbocycles. The molecule has 0 unspecified atom stereocenters. The van der Waals surface area contributed by atoms with E-state index in [2.05, 4.69) is 5.32 Å². The highest BCUT2D eigenvalue weighted by molar-refractivity contribution is 5.98. The predicted octanol–water partition coefficient (Wildman–Crippen LogP) is 4.21. The van der Waals surface area contributed by atoms with Gasteiger partial charge in [0.1, 0.15) is 12.4 Å². The molecule has 4 nitrogen and oxygen atoms in total. The van der Waals surface area contributed by atoms with Gasteiger partial charge in [-0.05, 0) is 49.1 Å². The van der Waals surface area contributed by atoms with Gasteiger partial charge < -0.3 is 15.8 Å². The number of benzene rings is 2. The molecule has 3 rings (SSSR count). The van der Waals surface area contributed by atoms with E-state index in [1.807, 2.05) is 55.5 Å². The zero-order valence-corrected chi connectivity index (χ0v) is 15.3. The predicted molar refractivity (Wildman–Crippen MR) is 103 cm³/mol. The number of nitrogens with one attached hydrogen (secondary N) is 1. The minimum absolute atomic E-state index is 0. The second-order valence-electron chi connectivity index (χ2n) is 6.57. The molecule has 1 amide bonds. The van der Waals surface area contributed by atoms with Gasteiger partial charge in [-0.15, -0.1) is 12.4 Å². The van der Waals surface area contributed by atoms with E-state index in [1.165, 1.54) is 0 Å². The Morgan fingerprint density at radius 1 is 1.16 bits per heavy atom. The van der Waals surface area contributed by atoms with E-state index in [0.717, 1.165) is 48.2 Å². The van der Waals surface area contributed by atoms with Crippen molar-refractivity contribution in [2.75, 3.05) is 5.32 Å². The summed E-state index contributed by atoms with van der Waals surface area (Å²) in [7, 11) is 0. The molecule has 3 N–H and O–H groups in total. The smallest absolute Gasteiger partial charge is 0.244 e. The molecule has 2 aromatic rings. The molecule has 0 bridgehead atoms. The lowest BCUT2D eigenvalue weighted by Crippen LogP contribution is -2.48. The Hall–Kier alpha value is -2.04. The van der Waals surface area contributed by atoms with E-state index in [0.29, 0.717) is 6.61 Å². The Kier molecular flexibility index (Phi) is 6.45. The number of carbonyl (C=O) groups excluding carboxylic acids is 1. The third-order valence-electron chi connectivity index (χ3n) is 4.64. The van der Waals surface area contributed by atoms with Crippen molar-refractivity contribution < 1.29 is 9.53 Å². The average molecular weight is 361 g/mol. The molecule has 0 spiro atoms. The number of carbonyl (C=O) groups is 1. The lowest BCUT2D eigenvalue weighted by atomic mass is 9.98. The van der Waals surface area contributed by atoms with E-state index in [4.69, 9.17) is 10.5 Å². The van der Waals surface area contributed by atoms with Crippen LogP contribution >= 0.6 is 12.4 Å². The zero-order valence-electron chi connectivity index (χ0n) is 14.5. The summed E-state index contributed by atoms with van der Waals surface area (Å²) in [5.74, 6) is 0.707. The van der Waals surface area contributed by atoms with Gasteiger partial charge in [0.05, 0.1) is 5.54 Å². The highest BCUT2D eigenvalue weighted by Crippen LogP contribution is 2.29. The summed E-state index contributed by atoms with van der Waals surface area (Å²) in [4.78, 5) is 12.4. The van der Waals surface area contributed by atoms with Crippen molar-refractivity contribution >= 4 is 24.0 Å². The zero-order chi connectivity index (χ0) is 17.0. The fourth-order valence-electron chi connectivity index (χ4n) is 3.09. The van der Waals surface area contributed by atoms with Crippen LogP contribution in [0.2, 0.25) is 0 Å². The van der Waals surface area contributed by atoms with Crippen molar-refractivity contribution in [3.05, 3.63) is 59.7 Å². The number of aryl methyl sites for hydroxylation is 1. The van der Waals surface area contributed by atoms with E-state index < -0.39 is 5.54 Å². The molecule has 0 radical (unpaired) electrons. The fourth-order valence-corrected chi connectivity index (χ4v) is 3.09. The Labute approximate surface area is 155 Å². The third-order valence-corrected chi connectivity index (χ3v) is 4.64. The maximum absolute atomic E-state index is 12.4. The summed E-state index contributed by atoms with van der Waals surface area (Å²) in [5, 5.41) is 2.97. The molecule has 25 heavy (non-hydrogen) atoms. The Bertz CT molecular complexity index is 713. The van der Waals surface area contributed by atoms with Crippen LogP contribution in [0.5, 0.6) is 5.75 Å². The molecule has 5 heteroatoms. The normalized spacial score (nSPS) is 15.3. The molecule has 1 aliphatic rings. The minimum Gasteiger partial charge on any atom is -0.489 e. The lowest BCUT2D eigenvalue weighted by molar-refractivity contribution is -0.121. The number of ether oxygens (including phenoxy) is 1. The molecular weight excluding hydrogens is 336 g/mol. The fraction of sp³-hybridized carbons (Fsp3) is 0.350. The van der Waals surface area contributed by atoms with Gasteiger partial charge in [0.25, 0.3) is 0 Å². The molecule has 2 aromatic carbocycles. The van der Waals surface area contributed by atoms with Gasteiger partial charge in [0, 0.05) is 5.69 Å². The van der Waals surface area contributed by atoms with Gasteiger partial charge in [0.2, 0.25) is 5.91 Å². The van der Waals surface area contributed by atoms with Crippen LogP contribution < -0.4 is 15.8 Å². The molecule has 134 valence electrons. The SMILES string of the molecule is Cc1cc(OCc2ccccc2)ccc1NC(=O)C1(N)CCCC1.Cl. The van der Waals surface area contributed by atoms with E-state index in [1.54, 1.807) is 0 Å². The second-order valence-corrected chi connectivity index (χ2v) is 6.57. The first-order valence-corrected chi connectivity index (χ1v) is 8.44. The van der Waals surface area contributed by atoms with Crippen LogP contribution in [0.25, 0.3) is 0 Å². The largest absolute Gasteiger partial charge is 0.489 e. The number of amides is 1. The van der Waals surface area contributed by atoms with Crippen LogP contribution in [-0.2, 0) is 11.4 Å². The maximum atomic E-state index is 12.4. The number of hydrogen-bond acceptors (Lipinski definition) is 3. The number of anilines is 1. The summed E-state index contributed by atoms with van der Waals surface area (Å²) >= 11 is 0. The first-order valence-electron chi connectivity index (χ1n) is 8.44. The lowest BCUT2D eigenvalue weighted by Gasteiger charge is -2.23. The van der Waals surface area contributed by atoms with Crippen molar-refractivity contribution in [2.45, 2.75) is 44.8 Å². The Balaban J connectivity index is 0.00000225. The Morgan fingerprint density at radius 3 is 2.48 bits per heavy atom. The highest BCUT2D eigenvalue weighted by atomic mass is 35.5. The van der Waals surface area contributed by atoms with Gasteiger partial charge in [-0.1, -0.05) is 43.2 Å². The number of hydrogen-bond donors (Lipinski definition) is 2. The van der Waals surface area contributed by atoms with Crippen molar-refractivity contribution in [1.29, 1.82) is 0 Å². The maximum Gasteiger partial charge on any atom is 0.244 e. The summed E-state index contributed by atoms with van der Waals surface area (Å²) in [6.07, 6.45) is 3.57. The van der Waals surface area contributed by atoms with E-state index in [9.17, 15) is 4.79 Å². The van der Waals surface area contributed by atoms with Gasteiger partial charge >= 0.3 is 0 Å². The topological polar surface area (TPSA) is 64.3 Å². The molecule has 0 aromatic heterocycles. The van der Waals surface area contributed by atoms with Crippen molar-refractivity contribution in [3.63, 3.8) is 0 Å². The van der Waals surface area contributed by atoms with E-state index in [-0.39, 0.29) is 18.3 Å². The van der Waals surface area contributed by atoms with Crippen molar-refractivity contribution in [1.82, 2.24) is 0 Å². The van der Waals surface area contributed by atoms with Gasteiger partial charge in [-0.2, -0.15) is 0 Å². The molecule has 0 saturated heterocycles. The van der Waals surface area contributed by atoms with Gasteiger partial charge in [-0.3, -0.25) is 4.79 Å². The first-order chi connectivity index (χ1) is 11.6. The summed E-state index contributed by atoms with van der Waals surface area (Å²) in [6.45, 7) is 2.49. The van der Waals surface area contributed by atoms with Gasteiger partial charge in [-0.25, -0.2) is 0 Å². The quantitative estimate of drug-likeness (QED) is 0.839. The van der Waals surface area contributed by atoms with Crippen LogP contribution in [0.15, 0.2) is 48.5 Å². The van der Waals surface area contributed by atoms with Crippen LogP contribution in [-0.4, -0.2) is 11.4 Å². The van der Waals surface area contributed by atoms with Crippen LogP contribution in [0.3, 0.4) is 0 Å². The number of rotatable bonds is 5. The average Bonchev–Trinajstić information content (AvgIpc) is 3.04. The van der Waals surface area contributed by atoms with Crippen LogP contribution in [0.1, 0.15) is 36.8 Å². The van der Waals surface area contributed by atoms with E-state index >= 15 is 0 Å². The Morgan fingerprint density at radius 2 is 1.84 bits per heavy atom. The number of nitrogens with two attached hydrogens (primary N) is 1. The standard InChI is InChI=1S/C20H24N2O2.ClH/c1-15-13-17(24-14-16-7-3-2-4-8-16)9-10-18(15)22-19(23)20(21)11-5-6-12-20;/h2-4,7-10,13H,5-6,11-12,14,21H2,1H3,(H,22,23);1H. The molecule has 1 fully saturated rings. The van der Waals surface area contributed by atoms with Crippen molar-refractivity contribution in [3.8, 4) is 5.75 Å². The third kappa shape index (κ3) is 4.74. The molecule has 0 aliphatic heterocycles. The second kappa shape index (κ2) is 8.37. The van der Waals surface area contributed by atoms with Crippen LogP contribution in [0, 0.1) is 6.92 Å². The molecule has 0 heterocycles. The molecule has 1 saturated carbocycles. The molecule has 0 atom stereocenters. The van der Waals surface area contributed by atoms with Crippen molar-refractivity contribution in [2.24, 2.45) is 5.73 Å². The monoisotopic (exact) mass is 360 g/mol. The van der Waals surface area contributed by atoms with Crippen LogP contribution in [0.4, 0.5) is 5.69 Å². The minimum atomic E-state index is -0.713. The molecular formula is C20H25ClN2O2. The number of halogens is 1. The summed E-state index contributed by atoms with van der Waals surface area (Å²) in [6, 6.07) is 15.7. The summed E-state index contributed by atoms with van der Waals surface area (Å²) < 4.78 is 5.82. The first kappa shape index (κ1) is 19.3. The highest BCUT2D eigenvalue weighted by Gasteiger charge is 2.37. The summed E-state index contributed by atoms with van der Waals surface area (Å²) in [5.41, 5.74) is 8.38.